The summed E-state index contributed by atoms with van der Waals surface area (Å²) in [6, 6.07) is 0.907. The molecule has 2 aromatic rings. The first kappa shape index (κ1) is 23.2. The van der Waals surface area contributed by atoms with Gasteiger partial charge in [0.15, 0.2) is 34.8 Å². The Balaban J connectivity index is 2.34. The van der Waals surface area contributed by atoms with Crippen LogP contribution in [-0.2, 0) is 5.60 Å². The molecule has 1 heterocycles. The molecule has 1 saturated heterocycles. The van der Waals surface area contributed by atoms with E-state index in [1.54, 1.807) is 7.05 Å². The van der Waals surface area contributed by atoms with Crippen molar-refractivity contribution in [2.45, 2.75) is 18.4 Å². The van der Waals surface area contributed by atoms with Gasteiger partial charge in [0.25, 0.3) is 0 Å². The molecule has 0 aromatic heterocycles. The minimum Gasteiger partial charge on any atom is -0.491 e. The molecular weight excluding hydrogens is 428 g/mol. The lowest BCUT2D eigenvalue weighted by Gasteiger charge is -2.41. The van der Waals surface area contributed by atoms with E-state index in [0.717, 1.165) is 14.2 Å². The van der Waals surface area contributed by atoms with Crippen LogP contribution >= 0.6 is 0 Å². The van der Waals surface area contributed by atoms with Crippen molar-refractivity contribution in [2.24, 2.45) is 5.92 Å². The lowest BCUT2D eigenvalue weighted by Crippen LogP contribution is -2.44. The molecule has 31 heavy (non-hydrogen) atoms. The van der Waals surface area contributed by atoms with E-state index in [0.29, 0.717) is 25.2 Å². The Labute approximate surface area is 175 Å². The van der Waals surface area contributed by atoms with Gasteiger partial charge in [0, 0.05) is 11.1 Å². The van der Waals surface area contributed by atoms with E-state index >= 15 is 0 Å². The van der Waals surface area contributed by atoms with Crippen LogP contribution < -0.4 is 9.47 Å². The SMILES string of the molecule is COc1c(F)cc(C(O)(c2cc(F)c(OC)c(F)c2F)C2CCN(C)CC2)c(F)c1F. The summed E-state index contributed by atoms with van der Waals surface area (Å²) in [6.07, 6.45) is 0.271. The van der Waals surface area contributed by atoms with Crippen molar-refractivity contribution in [2.75, 3.05) is 34.4 Å². The molecule has 0 amide bonds. The fraction of sp³-hybridized carbons (Fsp3) is 0.429. The first-order valence-corrected chi connectivity index (χ1v) is 9.42. The topological polar surface area (TPSA) is 41.9 Å². The van der Waals surface area contributed by atoms with Crippen LogP contribution in [0.3, 0.4) is 0 Å². The second kappa shape index (κ2) is 8.58. The molecule has 1 N–H and O–H groups in total. The molecule has 0 saturated carbocycles. The van der Waals surface area contributed by atoms with E-state index in [4.69, 9.17) is 0 Å². The van der Waals surface area contributed by atoms with Gasteiger partial charge in [-0.2, -0.15) is 8.78 Å². The lowest BCUT2D eigenvalue weighted by molar-refractivity contribution is -0.0177. The van der Waals surface area contributed by atoms with E-state index in [9.17, 15) is 31.4 Å². The molecule has 4 nitrogen and oxygen atoms in total. The molecule has 170 valence electrons. The third-order valence-corrected chi connectivity index (χ3v) is 5.77. The van der Waals surface area contributed by atoms with Crippen molar-refractivity contribution in [3.8, 4) is 11.5 Å². The number of nitrogens with zero attached hydrogens (tertiary/aromatic N) is 1. The van der Waals surface area contributed by atoms with E-state index in [2.05, 4.69) is 9.47 Å². The normalized spacial score (nSPS) is 15.9. The molecule has 1 fully saturated rings. The molecule has 3 rings (SSSR count). The summed E-state index contributed by atoms with van der Waals surface area (Å²) in [7, 11) is 3.60. The Bertz CT molecular complexity index is 927. The number of hydrogen-bond donors (Lipinski definition) is 1. The zero-order chi connectivity index (χ0) is 23.1. The number of halogens is 6. The van der Waals surface area contributed by atoms with Gasteiger partial charge in [-0.3, -0.25) is 0 Å². The van der Waals surface area contributed by atoms with Gasteiger partial charge in [0.1, 0.15) is 5.60 Å². The molecule has 2 aromatic carbocycles. The van der Waals surface area contributed by atoms with Crippen LogP contribution in [-0.4, -0.2) is 44.4 Å². The zero-order valence-electron chi connectivity index (χ0n) is 17.0. The third-order valence-electron chi connectivity index (χ3n) is 5.77. The van der Waals surface area contributed by atoms with Gasteiger partial charge in [-0.1, -0.05) is 0 Å². The van der Waals surface area contributed by atoms with Crippen molar-refractivity contribution in [3.05, 3.63) is 58.2 Å². The number of methoxy groups -OCH3 is 2. The average Bonchev–Trinajstić information content (AvgIpc) is 2.74. The number of aliphatic hydroxyl groups is 1. The Morgan fingerprint density at radius 3 is 1.55 bits per heavy atom. The maximum Gasteiger partial charge on any atom is 0.204 e. The van der Waals surface area contributed by atoms with Crippen molar-refractivity contribution in [1.29, 1.82) is 0 Å². The molecule has 0 unspecified atom stereocenters. The molecule has 1 aliphatic heterocycles. The second-order valence-electron chi connectivity index (χ2n) is 7.48. The Morgan fingerprint density at radius 2 is 1.19 bits per heavy atom. The fourth-order valence-corrected chi connectivity index (χ4v) is 4.10. The molecule has 0 bridgehead atoms. The summed E-state index contributed by atoms with van der Waals surface area (Å²) in [6.45, 7) is 0.747. The highest BCUT2D eigenvalue weighted by Gasteiger charge is 2.47. The summed E-state index contributed by atoms with van der Waals surface area (Å²) >= 11 is 0. The Morgan fingerprint density at radius 1 is 0.806 bits per heavy atom. The van der Waals surface area contributed by atoms with Crippen molar-refractivity contribution < 1.29 is 40.9 Å². The highest BCUT2D eigenvalue weighted by atomic mass is 19.2. The van der Waals surface area contributed by atoms with E-state index in [-0.39, 0.29) is 12.8 Å². The van der Waals surface area contributed by atoms with Gasteiger partial charge < -0.3 is 19.5 Å². The fourth-order valence-electron chi connectivity index (χ4n) is 4.10. The van der Waals surface area contributed by atoms with E-state index in [1.807, 2.05) is 4.90 Å². The lowest BCUT2D eigenvalue weighted by atomic mass is 9.71. The predicted octanol–water partition coefficient (Wildman–Crippen LogP) is 4.12. The minimum atomic E-state index is -2.78. The smallest absolute Gasteiger partial charge is 0.204 e. The van der Waals surface area contributed by atoms with E-state index in [1.165, 1.54) is 0 Å². The standard InChI is InChI=1S/C21H21F6NO3/c1-28-6-4-10(5-7-28)21(29,11-8-13(22)19(30-2)17(26)15(11)24)12-9-14(23)20(31-3)18(27)16(12)25/h8-10,29H,4-7H2,1-3H3. The van der Waals surface area contributed by atoms with Crippen LogP contribution in [0.2, 0.25) is 0 Å². The van der Waals surface area contributed by atoms with Crippen molar-refractivity contribution in [1.82, 2.24) is 4.90 Å². The second-order valence-corrected chi connectivity index (χ2v) is 7.48. The van der Waals surface area contributed by atoms with E-state index < -0.39 is 69.0 Å². The Hall–Kier alpha value is -2.46. The largest absolute Gasteiger partial charge is 0.491 e. The number of likely N-dealkylation sites (tertiary alicyclic amines) is 1. The molecule has 0 spiro atoms. The maximum atomic E-state index is 15.0. The van der Waals surface area contributed by atoms with Crippen LogP contribution in [0.1, 0.15) is 24.0 Å². The van der Waals surface area contributed by atoms with Crippen LogP contribution in [0, 0.1) is 40.8 Å². The zero-order valence-corrected chi connectivity index (χ0v) is 17.0. The van der Waals surface area contributed by atoms with Crippen LogP contribution in [0.25, 0.3) is 0 Å². The monoisotopic (exact) mass is 449 g/mol. The number of piperidine rings is 1. The van der Waals surface area contributed by atoms with Crippen LogP contribution in [0.4, 0.5) is 26.3 Å². The van der Waals surface area contributed by atoms with Crippen molar-refractivity contribution >= 4 is 0 Å². The van der Waals surface area contributed by atoms with Gasteiger partial charge in [0.2, 0.25) is 11.6 Å². The highest BCUT2D eigenvalue weighted by molar-refractivity contribution is 5.45. The van der Waals surface area contributed by atoms with Crippen LogP contribution in [0.5, 0.6) is 11.5 Å². The van der Waals surface area contributed by atoms with Gasteiger partial charge in [-0.25, -0.2) is 17.6 Å². The summed E-state index contributed by atoms with van der Waals surface area (Å²) in [4.78, 5) is 1.87. The van der Waals surface area contributed by atoms with Gasteiger partial charge in [-0.15, -0.1) is 0 Å². The van der Waals surface area contributed by atoms with Crippen LogP contribution in [0.15, 0.2) is 12.1 Å². The average molecular weight is 449 g/mol. The summed E-state index contributed by atoms with van der Waals surface area (Å²) in [5.41, 5.74) is -4.75. The van der Waals surface area contributed by atoms with Gasteiger partial charge in [-0.05, 0) is 51.0 Å². The number of ether oxygens (including phenoxy) is 2. The molecule has 0 radical (unpaired) electrons. The molecule has 1 aliphatic rings. The predicted molar refractivity (Wildman–Crippen MR) is 99.0 cm³/mol. The summed E-state index contributed by atoms with van der Waals surface area (Å²) < 4.78 is 96.7. The molecular formula is C21H21F6NO3. The molecule has 0 aliphatic carbocycles. The first-order valence-electron chi connectivity index (χ1n) is 9.42. The summed E-state index contributed by atoms with van der Waals surface area (Å²) in [5.74, 6) is -12.7. The number of rotatable bonds is 5. The highest BCUT2D eigenvalue weighted by Crippen LogP contribution is 2.47. The minimum absolute atomic E-state index is 0.135. The number of hydrogen-bond acceptors (Lipinski definition) is 4. The Kier molecular flexibility index (Phi) is 6.43. The quantitative estimate of drug-likeness (QED) is 0.551. The number of benzene rings is 2. The molecule has 0 atom stereocenters. The van der Waals surface area contributed by atoms with Gasteiger partial charge >= 0.3 is 0 Å². The molecule has 10 heteroatoms. The first-order chi connectivity index (χ1) is 14.6. The van der Waals surface area contributed by atoms with Gasteiger partial charge in [0.05, 0.1) is 14.2 Å². The third kappa shape index (κ3) is 3.71. The summed E-state index contributed by atoms with van der Waals surface area (Å²) in [5, 5.41) is 11.6. The van der Waals surface area contributed by atoms with Crippen molar-refractivity contribution in [3.63, 3.8) is 0 Å². The maximum absolute atomic E-state index is 15.0.